The average molecular weight is 369 g/mol. The van der Waals surface area contributed by atoms with Crippen molar-refractivity contribution in [1.82, 2.24) is 10.6 Å². The molecular weight excluding hydrogens is 344 g/mol. The van der Waals surface area contributed by atoms with Gasteiger partial charge in [-0.1, -0.05) is 22.9 Å². The third-order valence-corrected chi connectivity index (χ3v) is 4.73. The molecule has 0 aliphatic carbocycles. The summed E-state index contributed by atoms with van der Waals surface area (Å²) in [6.07, 6.45) is 2.98. The van der Waals surface area contributed by atoms with Gasteiger partial charge in [0, 0.05) is 10.9 Å². The Hall–Kier alpha value is -1.07. The van der Waals surface area contributed by atoms with Gasteiger partial charge in [-0.3, -0.25) is 4.79 Å². The van der Waals surface area contributed by atoms with Gasteiger partial charge in [-0.05, 0) is 62.0 Å². The van der Waals surface area contributed by atoms with Crippen molar-refractivity contribution in [3.63, 3.8) is 0 Å². The van der Waals surface area contributed by atoms with Crippen LogP contribution in [0.3, 0.4) is 0 Å². The Balaban J connectivity index is 1.60. The van der Waals surface area contributed by atoms with Crippen LogP contribution in [0.25, 0.3) is 0 Å². The van der Waals surface area contributed by atoms with Crippen LogP contribution in [0.2, 0.25) is 0 Å². The monoisotopic (exact) mass is 368 g/mol. The molecule has 4 nitrogen and oxygen atoms in total. The highest BCUT2D eigenvalue weighted by molar-refractivity contribution is 9.10. The van der Waals surface area contributed by atoms with Gasteiger partial charge < -0.3 is 15.4 Å². The number of piperidine rings is 1. The van der Waals surface area contributed by atoms with Gasteiger partial charge in [0.15, 0.2) is 0 Å². The molecule has 1 aromatic carbocycles. The van der Waals surface area contributed by atoms with Crippen molar-refractivity contribution < 1.29 is 9.53 Å². The van der Waals surface area contributed by atoms with E-state index in [1.54, 1.807) is 0 Å². The minimum atomic E-state index is 0.130. The fourth-order valence-electron chi connectivity index (χ4n) is 2.83. The Morgan fingerprint density at radius 1 is 1.36 bits per heavy atom. The van der Waals surface area contributed by atoms with Crippen molar-refractivity contribution in [2.45, 2.75) is 26.2 Å². The number of amides is 1. The number of hydrogen-bond acceptors (Lipinski definition) is 3. The smallest absolute Gasteiger partial charge is 0.220 e. The number of halogens is 1. The highest BCUT2D eigenvalue weighted by atomic mass is 79.9. The topological polar surface area (TPSA) is 50.4 Å². The molecule has 1 atom stereocenters. The van der Waals surface area contributed by atoms with Crippen molar-refractivity contribution in [1.29, 1.82) is 0 Å². The van der Waals surface area contributed by atoms with E-state index in [1.165, 1.54) is 12.8 Å². The molecule has 122 valence electrons. The summed E-state index contributed by atoms with van der Waals surface area (Å²) < 4.78 is 6.62. The van der Waals surface area contributed by atoms with Crippen molar-refractivity contribution >= 4 is 21.8 Å². The molecule has 2 rings (SSSR count). The molecule has 0 spiro atoms. The van der Waals surface area contributed by atoms with E-state index in [-0.39, 0.29) is 5.91 Å². The van der Waals surface area contributed by atoms with E-state index in [1.807, 2.05) is 24.3 Å². The van der Waals surface area contributed by atoms with Gasteiger partial charge >= 0.3 is 0 Å². The molecule has 0 aromatic heterocycles. The summed E-state index contributed by atoms with van der Waals surface area (Å²) in [6.45, 7) is 5.39. The van der Waals surface area contributed by atoms with Crippen molar-refractivity contribution in [2.75, 3.05) is 26.2 Å². The van der Waals surface area contributed by atoms with Crippen LogP contribution in [0.4, 0.5) is 0 Å². The lowest BCUT2D eigenvalue weighted by Gasteiger charge is -2.27. The van der Waals surface area contributed by atoms with E-state index in [4.69, 9.17) is 4.74 Å². The van der Waals surface area contributed by atoms with E-state index in [9.17, 15) is 4.79 Å². The zero-order valence-electron chi connectivity index (χ0n) is 13.1. The number of rotatable bonds is 7. The summed E-state index contributed by atoms with van der Waals surface area (Å²) in [5, 5.41) is 6.31. The Morgan fingerprint density at radius 3 is 2.73 bits per heavy atom. The molecule has 2 N–H and O–H groups in total. The Bertz CT molecular complexity index is 458. The quantitative estimate of drug-likeness (QED) is 0.727. The standard InChI is InChI=1S/C17H25BrN2O2/c1-13(14-6-8-19-9-7-14)12-17(21)20-10-11-22-16-4-2-15(18)3-5-16/h2-5,13-14,19H,6-12H2,1H3,(H,20,21). The van der Waals surface area contributed by atoms with Gasteiger partial charge in [0.25, 0.3) is 0 Å². The fourth-order valence-corrected chi connectivity index (χ4v) is 3.10. The lowest BCUT2D eigenvalue weighted by Crippen LogP contribution is -2.34. The van der Waals surface area contributed by atoms with Crippen LogP contribution >= 0.6 is 15.9 Å². The first-order valence-corrected chi connectivity index (χ1v) is 8.80. The van der Waals surface area contributed by atoms with Gasteiger partial charge in [0.1, 0.15) is 12.4 Å². The van der Waals surface area contributed by atoms with Gasteiger partial charge in [0.2, 0.25) is 5.91 Å². The van der Waals surface area contributed by atoms with E-state index in [0.717, 1.165) is 23.3 Å². The van der Waals surface area contributed by atoms with Crippen LogP contribution in [0.15, 0.2) is 28.7 Å². The molecule has 1 fully saturated rings. The molecule has 1 aromatic rings. The van der Waals surface area contributed by atoms with Crippen molar-refractivity contribution in [3.8, 4) is 5.75 Å². The molecule has 0 radical (unpaired) electrons. The van der Waals surface area contributed by atoms with E-state index in [0.29, 0.717) is 31.4 Å². The second kappa shape index (κ2) is 9.16. The second-order valence-electron chi connectivity index (χ2n) is 5.92. The Labute approximate surface area is 141 Å². The molecule has 1 heterocycles. The van der Waals surface area contributed by atoms with Gasteiger partial charge in [-0.25, -0.2) is 0 Å². The van der Waals surface area contributed by atoms with Crippen molar-refractivity contribution in [2.24, 2.45) is 11.8 Å². The van der Waals surface area contributed by atoms with E-state index in [2.05, 4.69) is 33.5 Å². The minimum absolute atomic E-state index is 0.130. The third-order valence-electron chi connectivity index (χ3n) is 4.20. The first kappa shape index (κ1) is 17.3. The summed E-state index contributed by atoms with van der Waals surface area (Å²) in [6, 6.07) is 7.69. The molecule has 1 unspecified atom stereocenters. The number of benzene rings is 1. The van der Waals surface area contributed by atoms with Crippen LogP contribution < -0.4 is 15.4 Å². The molecule has 1 amide bonds. The average Bonchev–Trinajstić information content (AvgIpc) is 2.54. The number of carbonyl (C=O) groups is 1. The van der Waals surface area contributed by atoms with E-state index < -0.39 is 0 Å². The van der Waals surface area contributed by atoms with E-state index >= 15 is 0 Å². The number of nitrogens with one attached hydrogen (secondary N) is 2. The molecule has 1 saturated heterocycles. The lowest BCUT2D eigenvalue weighted by molar-refractivity contribution is -0.122. The number of carbonyl (C=O) groups excluding carboxylic acids is 1. The zero-order chi connectivity index (χ0) is 15.8. The molecule has 5 heteroatoms. The lowest BCUT2D eigenvalue weighted by atomic mass is 9.84. The van der Waals surface area contributed by atoms with Crippen LogP contribution in [0.1, 0.15) is 26.2 Å². The molecule has 22 heavy (non-hydrogen) atoms. The summed E-state index contributed by atoms with van der Waals surface area (Å²) in [4.78, 5) is 12.0. The first-order chi connectivity index (χ1) is 10.6. The molecular formula is C17H25BrN2O2. The normalized spacial score (nSPS) is 17.0. The van der Waals surface area contributed by atoms with Gasteiger partial charge in [0.05, 0.1) is 6.54 Å². The van der Waals surface area contributed by atoms with Crippen LogP contribution in [0, 0.1) is 11.8 Å². The maximum Gasteiger partial charge on any atom is 0.220 e. The predicted molar refractivity (Wildman–Crippen MR) is 92.0 cm³/mol. The van der Waals surface area contributed by atoms with Crippen LogP contribution in [0.5, 0.6) is 5.75 Å². The Morgan fingerprint density at radius 2 is 2.05 bits per heavy atom. The highest BCUT2D eigenvalue weighted by Crippen LogP contribution is 2.24. The number of ether oxygens (including phenoxy) is 1. The summed E-state index contributed by atoms with van der Waals surface area (Å²) >= 11 is 3.39. The summed E-state index contributed by atoms with van der Waals surface area (Å²) in [5.74, 6) is 2.08. The summed E-state index contributed by atoms with van der Waals surface area (Å²) in [5.41, 5.74) is 0. The molecule has 1 aliphatic rings. The Kier molecular flexibility index (Phi) is 7.19. The predicted octanol–water partition coefficient (Wildman–Crippen LogP) is 2.97. The maximum atomic E-state index is 12.0. The maximum absolute atomic E-state index is 12.0. The SMILES string of the molecule is CC(CC(=O)NCCOc1ccc(Br)cc1)C1CCNCC1. The molecule has 0 saturated carbocycles. The minimum Gasteiger partial charge on any atom is -0.492 e. The van der Waals surface area contributed by atoms with Crippen molar-refractivity contribution in [3.05, 3.63) is 28.7 Å². The summed E-state index contributed by atoms with van der Waals surface area (Å²) in [7, 11) is 0. The first-order valence-electron chi connectivity index (χ1n) is 8.01. The van der Waals surface area contributed by atoms with Gasteiger partial charge in [-0.2, -0.15) is 0 Å². The number of hydrogen-bond donors (Lipinski definition) is 2. The molecule has 1 aliphatic heterocycles. The molecule has 0 bridgehead atoms. The second-order valence-corrected chi connectivity index (χ2v) is 6.84. The van der Waals surface area contributed by atoms with Gasteiger partial charge in [-0.15, -0.1) is 0 Å². The third kappa shape index (κ3) is 5.97. The highest BCUT2D eigenvalue weighted by Gasteiger charge is 2.21. The van der Waals surface area contributed by atoms with Crippen LogP contribution in [-0.2, 0) is 4.79 Å². The zero-order valence-corrected chi connectivity index (χ0v) is 14.7. The van der Waals surface area contributed by atoms with Crippen LogP contribution in [-0.4, -0.2) is 32.1 Å². The fraction of sp³-hybridized carbons (Fsp3) is 0.588. The largest absolute Gasteiger partial charge is 0.492 e.